The number of carbonyl (C=O) groups excluding carboxylic acids is 1. The van der Waals surface area contributed by atoms with Crippen molar-refractivity contribution >= 4 is 5.97 Å². The molecule has 1 unspecified atom stereocenters. The summed E-state index contributed by atoms with van der Waals surface area (Å²) in [5.74, 6) is 0.921. The van der Waals surface area contributed by atoms with Crippen molar-refractivity contribution in [2.24, 2.45) is 5.73 Å². The van der Waals surface area contributed by atoms with E-state index in [2.05, 4.69) is 6.07 Å². The summed E-state index contributed by atoms with van der Waals surface area (Å²) >= 11 is 0. The fraction of sp³-hybridized carbons (Fsp3) is 0.152. The molecule has 4 aromatic rings. The van der Waals surface area contributed by atoms with Crippen LogP contribution in [0.3, 0.4) is 0 Å². The Kier molecular flexibility index (Phi) is 7.70. The van der Waals surface area contributed by atoms with E-state index >= 15 is 0 Å². The van der Waals surface area contributed by atoms with E-state index in [4.69, 9.17) is 24.7 Å². The highest BCUT2D eigenvalue weighted by Gasteiger charge is 2.31. The maximum absolute atomic E-state index is 12.5. The Balaban J connectivity index is 1.40. The molecule has 0 bridgehead atoms. The highest BCUT2D eigenvalue weighted by molar-refractivity contribution is 5.75. The molecule has 0 fully saturated rings. The van der Waals surface area contributed by atoms with Crippen molar-refractivity contribution in [3.05, 3.63) is 130 Å². The Morgan fingerprint density at radius 3 is 2.45 bits per heavy atom. The highest BCUT2D eigenvalue weighted by atomic mass is 16.5. The van der Waals surface area contributed by atoms with Crippen LogP contribution in [0, 0.1) is 18.3 Å². The van der Waals surface area contributed by atoms with Crippen LogP contribution >= 0.6 is 0 Å². The molecule has 7 nitrogen and oxygen atoms in total. The van der Waals surface area contributed by atoms with Crippen LogP contribution in [-0.4, -0.2) is 13.1 Å². The minimum atomic E-state index is -0.511. The van der Waals surface area contributed by atoms with Gasteiger partial charge in [0.05, 0.1) is 19.4 Å². The average Bonchev–Trinajstić information content (AvgIpc) is 2.96. The van der Waals surface area contributed by atoms with Gasteiger partial charge in [-0.2, -0.15) is 5.26 Å². The van der Waals surface area contributed by atoms with E-state index in [0.717, 1.165) is 16.7 Å². The number of allylic oxidation sites excluding steroid dienone is 1. The molecule has 4 aromatic carbocycles. The number of hydrogen-bond acceptors (Lipinski definition) is 7. The number of methoxy groups -OCH3 is 1. The Hall–Kier alpha value is -5.22. The van der Waals surface area contributed by atoms with E-state index in [-0.39, 0.29) is 17.9 Å². The maximum atomic E-state index is 12.5. The van der Waals surface area contributed by atoms with Crippen molar-refractivity contribution in [3.63, 3.8) is 0 Å². The number of nitrogens with zero attached hydrogens (tertiary/aromatic N) is 1. The standard InChI is InChI=1S/C33H28N2O5/c1-21-8-10-23(11-9-21)20-38-28-15-12-24(17-30(28)37-2)32-26-14-13-25(18-29(26)40-33(35)27(32)19-34)39-31(36)16-22-6-4-3-5-7-22/h3-15,17-18,32H,16,20,35H2,1-2H3. The number of nitriles is 1. The Morgan fingerprint density at radius 1 is 0.950 bits per heavy atom. The van der Waals surface area contributed by atoms with Gasteiger partial charge in [0.25, 0.3) is 0 Å². The maximum Gasteiger partial charge on any atom is 0.315 e. The van der Waals surface area contributed by atoms with Crippen molar-refractivity contribution in [1.29, 1.82) is 5.26 Å². The van der Waals surface area contributed by atoms with Gasteiger partial charge in [-0.25, -0.2) is 0 Å². The second kappa shape index (κ2) is 11.7. The third-order valence-electron chi connectivity index (χ3n) is 6.65. The molecular weight excluding hydrogens is 504 g/mol. The van der Waals surface area contributed by atoms with Gasteiger partial charge in [-0.3, -0.25) is 4.79 Å². The van der Waals surface area contributed by atoms with Crippen molar-refractivity contribution in [1.82, 2.24) is 0 Å². The number of benzene rings is 4. The molecule has 1 aliphatic heterocycles. The van der Waals surface area contributed by atoms with E-state index in [9.17, 15) is 10.1 Å². The lowest BCUT2D eigenvalue weighted by Crippen LogP contribution is -2.21. The number of rotatable bonds is 8. The summed E-state index contributed by atoms with van der Waals surface area (Å²) in [6.45, 7) is 2.43. The summed E-state index contributed by atoms with van der Waals surface area (Å²) in [5.41, 5.74) is 11.0. The topological polar surface area (TPSA) is 104 Å². The summed E-state index contributed by atoms with van der Waals surface area (Å²) in [5, 5.41) is 9.95. The minimum absolute atomic E-state index is 0.00794. The fourth-order valence-electron chi connectivity index (χ4n) is 4.60. The summed E-state index contributed by atoms with van der Waals surface area (Å²) < 4.78 is 23.0. The van der Waals surface area contributed by atoms with Crippen molar-refractivity contribution in [2.45, 2.75) is 25.9 Å². The van der Waals surface area contributed by atoms with Crippen LogP contribution in [0.4, 0.5) is 0 Å². The van der Waals surface area contributed by atoms with E-state index in [0.29, 0.717) is 35.2 Å². The number of esters is 1. The molecule has 0 aromatic heterocycles. The number of ether oxygens (including phenoxy) is 4. The predicted molar refractivity (Wildman–Crippen MR) is 150 cm³/mol. The smallest absolute Gasteiger partial charge is 0.315 e. The molecule has 1 aliphatic rings. The molecule has 0 aliphatic carbocycles. The number of carbonyl (C=O) groups is 1. The first-order chi connectivity index (χ1) is 19.4. The first kappa shape index (κ1) is 26.4. The minimum Gasteiger partial charge on any atom is -0.493 e. The van der Waals surface area contributed by atoms with Crippen LogP contribution in [0.5, 0.6) is 23.0 Å². The average molecular weight is 533 g/mol. The molecule has 0 amide bonds. The van der Waals surface area contributed by atoms with Gasteiger partial charge in [0.15, 0.2) is 11.5 Å². The second-order valence-electron chi connectivity index (χ2n) is 9.45. The Morgan fingerprint density at radius 2 is 1.73 bits per heavy atom. The van der Waals surface area contributed by atoms with Crippen molar-refractivity contribution < 1.29 is 23.7 Å². The molecule has 0 saturated carbocycles. The number of aryl methyl sites for hydroxylation is 1. The summed E-state index contributed by atoms with van der Waals surface area (Å²) in [4.78, 5) is 12.5. The summed E-state index contributed by atoms with van der Waals surface area (Å²) in [6.07, 6.45) is 0.139. The summed E-state index contributed by atoms with van der Waals surface area (Å²) in [6, 6.07) is 30.3. The fourth-order valence-corrected chi connectivity index (χ4v) is 4.60. The molecular formula is C33H28N2O5. The monoisotopic (exact) mass is 532 g/mol. The molecule has 0 saturated heterocycles. The highest BCUT2D eigenvalue weighted by Crippen LogP contribution is 2.45. The van der Waals surface area contributed by atoms with Gasteiger partial charge in [0, 0.05) is 11.6 Å². The van der Waals surface area contributed by atoms with E-state index in [1.807, 2.05) is 79.7 Å². The number of hydrogen-bond donors (Lipinski definition) is 1. The first-order valence-electron chi connectivity index (χ1n) is 12.8. The van der Waals surface area contributed by atoms with Crippen LogP contribution in [0.1, 0.15) is 33.7 Å². The zero-order valence-corrected chi connectivity index (χ0v) is 22.2. The molecule has 5 rings (SSSR count). The zero-order chi connectivity index (χ0) is 28.1. The molecule has 0 spiro atoms. The second-order valence-corrected chi connectivity index (χ2v) is 9.45. The molecule has 7 heteroatoms. The van der Waals surface area contributed by atoms with Crippen LogP contribution < -0.4 is 24.7 Å². The molecule has 2 N–H and O–H groups in total. The lowest BCUT2D eigenvalue weighted by molar-refractivity contribution is -0.133. The van der Waals surface area contributed by atoms with Gasteiger partial charge in [0.2, 0.25) is 5.88 Å². The normalized spacial score (nSPS) is 14.0. The van der Waals surface area contributed by atoms with Crippen LogP contribution in [0.15, 0.2) is 102 Å². The van der Waals surface area contributed by atoms with Gasteiger partial charge >= 0.3 is 5.97 Å². The van der Waals surface area contributed by atoms with Gasteiger partial charge in [-0.05, 0) is 41.8 Å². The molecule has 1 atom stereocenters. The SMILES string of the molecule is COc1cc(C2C(C#N)=C(N)Oc3cc(OC(=O)Cc4ccccc4)ccc32)ccc1OCc1ccc(C)cc1. The van der Waals surface area contributed by atoms with E-state index in [1.54, 1.807) is 25.3 Å². The number of nitrogens with two attached hydrogens (primary N) is 1. The molecule has 0 radical (unpaired) electrons. The van der Waals surface area contributed by atoms with Gasteiger partial charge in [0.1, 0.15) is 29.7 Å². The van der Waals surface area contributed by atoms with E-state index < -0.39 is 11.9 Å². The third-order valence-corrected chi connectivity index (χ3v) is 6.65. The summed E-state index contributed by atoms with van der Waals surface area (Å²) in [7, 11) is 1.57. The zero-order valence-electron chi connectivity index (χ0n) is 22.2. The predicted octanol–water partition coefficient (Wildman–Crippen LogP) is 5.95. The van der Waals surface area contributed by atoms with Gasteiger partial charge < -0.3 is 24.7 Å². The first-order valence-corrected chi connectivity index (χ1v) is 12.8. The molecule has 40 heavy (non-hydrogen) atoms. The van der Waals surface area contributed by atoms with Crippen molar-refractivity contribution in [3.8, 4) is 29.1 Å². The van der Waals surface area contributed by atoms with Crippen molar-refractivity contribution in [2.75, 3.05) is 7.11 Å². The van der Waals surface area contributed by atoms with Crippen LogP contribution in [0.2, 0.25) is 0 Å². The van der Waals surface area contributed by atoms with E-state index in [1.165, 1.54) is 5.56 Å². The lowest BCUT2D eigenvalue weighted by Gasteiger charge is -2.27. The largest absolute Gasteiger partial charge is 0.493 e. The van der Waals surface area contributed by atoms with Gasteiger partial charge in [-0.15, -0.1) is 0 Å². The molecule has 1 heterocycles. The van der Waals surface area contributed by atoms with Crippen LogP contribution in [-0.2, 0) is 17.8 Å². The number of fused-ring (bicyclic) bond motifs is 1. The third kappa shape index (κ3) is 5.77. The van der Waals surface area contributed by atoms with Gasteiger partial charge in [-0.1, -0.05) is 72.3 Å². The molecule has 200 valence electrons. The lowest BCUT2D eigenvalue weighted by atomic mass is 9.83. The quantitative estimate of drug-likeness (QED) is 0.221. The Labute approximate surface area is 233 Å². The van der Waals surface area contributed by atoms with Crippen LogP contribution in [0.25, 0.3) is 0 Å². The Bertz CT molecular complexity index is 1600.